The second kappa shape index (κ2) is 8.44. The summed E-state index contributed by atoms with van der Waals surface area (Å²) in [5, 5.41) is 16.5. The number of rotatable bonds is 5. The van der Waals surface area contributed by atoms with Crippen molar-refractivity contribution in [2.24, 2.45) is 5.92 Å². The molecule has 0 aliphatic carbocycles. The number of fused-ring (bicyclic) bond motifs is 1. The van der Waals surface area contributed by atoms with Gasteiger partial charge in [-0.1, -0.05) is 46.8 Å². The molecular formula is C23H35N3O3. The topological polar surface area (TPSA) is 81.7 Å². The summed E-state index contributed by atoms with van der Waals surface area (Å²) in [5.74, 6) is -0.0588. The standard InChI is InChI=1S/C23H35N3O3/c1-14(2)12-18(22(29)26-11-10-17-20(26)19(27)13-24-17)25-21(28)15-6-8-16(9-7-15)23(3,4)5/h6-9,14,17-20,24,27H,10-13H2,1-5H3,(H,25,28). The minimum Gasteiger partial charge on any atom is -0.390 e. The molecule has 2 aliphatic rings. The average molecular weight is 402 g/mol. The van der Waals surface area contributed by atoms with Gasteiger partial charge in [-0.2, -0.15) is 0 Å². The number of aliphatic hydroxyl groups is 1. The SMILES string of the molecule is CC(C)CC(NC(=O)c1ccc(C(C)(C)C)cc1)C(=O)N1CCC2NCC(O)C21. The van der Waals surface area contributed by atoms with Gasteiger partial charge in [0, 0.05) is 24.7 Å². The van der Waals surface area contributed by atoms with Gasteiger partial charge in [0.05, 0.1) is 12.1 Å². The molecule has 4 unspecified atom stereocenters. The molecule has 6 nitrogen and oxygen atoms in total. The minimum atomic E-state index is -0.587. The molecule has 2 heterocycles. The van der Waals surface area contributed by atoms with Gasteiger partial charge in [-0.25, -0.2) is 0 Å². The van der Waals surface area contributed by atoms with Crippen molar-refractivity contribution < 1.29 is 14.7 Å². The lowest BCUT2D eigenvalue weighted by Crippen LogP contribution is -2.53. The highest BCUT2D eigenvalue weighted by molar-refractivity contribution is 5.97. The van der Waals surface area contributed by atoms with E-state index in [0.717, 1.165) is 12.0 Å². The molecule has 0 saturated carbocycles. The fourth-order valence-electron chi connectivity index (χ4n) is 4.42. The third kappa shape index (κ3) is 4.81. The molecule has 3 rings (SSSR count). The summed E-state index contributed by atoms with van der Waals surface area (Å²) in [6, 6.07) is 6.96. The van der Waals surface area contributed by atoms with Crippen molar-refractivity contribution >= 4 is 11.8 Å². The predicted octanol–water partition coefficient (Wildman–Crippen LogP) is 2.06. The minimum absolute atomic E-state index is 0.0214. The highest BCUT2D eigenvalue weighted by Crippen LogP contribution is 2.27. The number of β-amino-alcohol motifs (C(OH)–C–C–N with tert-alkyl or cyclic N) is 1. The Bertz CT molecular complexity index is 739. The maximum Gasteiger partial charge on any atom is 0.251 e. The largest absolute Gasteiger partial charge is 0.390 e. The number of nitrogens with zero attached hydrogens (tertiary/aromatic N) is 1. The summed E-state index contributed by atoms with van der Waals surface area (Å²) in [4.78, 5) is 27.9. The van der Waals surface area contributed by atoms with Crippen LogP contribution in [-0.4, -0.2) is 59.1 Å². The van der Waals surface area contributed by atoms with Crippen LogP contribution in [0.3, 0.4) is 0 Å². The molecule has 0 bridgehead atoms. The van der Waals surface area contributed by atoms with E-state index in [2.05, 4.69) is 31.4 Å². The summed E-state index contributed by atoms with van der Waals surface area (Å²) in [6.45, 7) is 11.6. The van der Waals surface area contributed by atoms with E-state index in [9.17, 15) is 14.7 Å². The number of hydrogen-bond donors (Lipinski definition) is 3. The number of nitrogens with one attached hydrogen (secondary N) is 2. The molecule has 4 atom stereocenters. The number of benzene rings is 1. The maximum absolute atomic E-state index is 13.3. The number of hydrogen-bond acceptors (Lipinski definition) is 4. The van der Waals surface area contributed by atoms with Crippen LogP contribution in [0.1, 0.15) is 63.4 Å². The van der Waals surface area contributed by atoms with Crippen molar-refractivity contribution in [3.8, 4) is 0 Å². The van der Waals surface area contributed by atoms with E-state index in [1.54, 1.807) is 4.90 Å². The van der Waals surface area contributed by atoms with Crippen LogP contribution >= 0.6 is 0 Å². The summed E-state index contributed by atoms with van der Waals surface area (Å²) in [5.41, 5.74) is 1.74. The van der Waals surface area contributed by atoms with Gasteiger partial charge >= 0.3 is 0 Å². The Morgan fingerprint density at radius 2 is 1.90 bits per heavy atom. The van der Waals surface area contributed by atoms with Crippen LogP contribution in [-0.2, 0) is 10.2 Å². The smallest absolute Gasteiger partial charge is 0.251 e. The molecule has 1 aromatic rings. The van der Waals surface area contributed by atoms with Gasteiger partial charge in [0.25, 0.3) is 5.91 Å². The quantitative estimate of drug-likeness (QED) is 0.705. The van der Waals surface area contributed by atoms with Crippen molar-refractivity contribution in [2.45, 2.75) is 77.1 Å². The first-order valence-corrected chi connectivity index (χ1v) is 10.7. The molecule has 160 valence electrons. The zero-order chi connectivity index (χ0) is 21.3. The molecule has 3 N–H and O–H groups in total. The molecule has 2 fully saturated rings. The third-order valence-electron chi connectivity index (χ3n) is 6.04. The highest BCUT2D eigenvalue weighted by Gasteiger charge is 2.46. The van der Waals surface area contributed by atoms with E-state index in [1.165, 1.54) is 0 Å². The number of carbonyl (C=O) groups is 2. The van der Waals surface area contributed by atoms with Gasteiger partial charge in [0.1, 0.15) is 6.04 Å². The van der Waals surface area contributed by atoms with Crippen molar-refractivity contribution in [2.75, 3.05) is 13.1 Å². The van der Waals surface area contributed by atoms with Crippen LogP contribution in [0.4, 0.5) is 0 Å². The molecule has 0 spiro atoms. The van der Waals surface area contributed by atoms with Crippen molar-refractivity contribution in [1.29, 1.82) is 0 Å². The zero-order valence-corrected chi connectivity index (χ0v) is 18.2. The third-order valence-corrected chi connectivity index (χ3v) is 6.04. The molecule has 0 radical (unpaired) electrons. The van der Waals surface area contributed by atoms with Crippen LogP contribution in [0, 0.1) is 5.92 Å². The van der Waals surface area contributed by atoms with Crippen molar-refractivity contribution in [3.63, 3.8) is 0 Å². The second-order valence-corrected chi connectivity index (χ2v) is 9.88. The van der Waals surface area contributed by atoms with E-state index in [-0.39, 0.29) is 35.2 Å². The Balaban J connectivity index is 1.73. The van der Waals surface area contributed by atoms with Gasteiger partial charge < -0.3 is 20.6 Å². The van der Waals surface area contributed by atoms with Gasteiger partial charge in [0.2, 0.25) is 5.91 Å². The Hall–Kier alpha value is -1.92. The van der Waals surface area contributed by atoms with E-state index in [0.29, 0.717) is 25.1 Å². The van der Waals surface area contributed by atoms with Gasteiger partial charge in [-0.15, -0.1) is 0 Å². The van der Waals surface area contributed by atoms with E-state index < -0.39 is 12.1 Å². The van der Waals surface area contributed by atoms with E-state index in [1.807, 2.05) is 38.1 Å². The molecule has 1 aromatic carbocycles. The lowest BCUT2D eigenvalue weighted by Gasteiger charge is -2.31. The Morgan fingerprint density at radius 1 is 1.24 bits per heavy atom. The summed E-state index contributed by atoms with van der Waals surface area (Å²) >= 11 is 0. The zero-order valence-electron chi connectivity index (χ0n) is 18.2. The maximum atomic E-state index is 13.3. The molecule has 6 heteroatoms. The number of aliphatic hydroxyl groups excluding tert-OH is 1. The van der Waals surface area contributed by atoms with Gasteiger partial charge in [-0.05, 0) is 41.9 Å². The van der Waals surface area contributed by atoms with Crippen molar-refractivity contribution in [1.82, 2.24) is 15.5 Å². The predicted molar refractivity (Wildman–Crippen MR) is 114 cm³/mol. The van der Waals surface area contributed by atoms with Crippen LogP contribution in [0.25, 0.3) is 0 Å². The van der Waals surface area contributed by atoms with Gasteiger partial charge in [0.15, 0.2) is 0 Å². The first-order valence-electron chi connectivity index (χ1n) is 10.7. The Labute approximate surface area is 174 Å². The second-order valence-electron chi connectivity index (χ2n) is 9.88. The molecular weight excluding hydrogens is 366 g/mol. The van der Waals surface area contributed by atoms with Gasteiger partial charge in [-0.3, -0.25) is 9.59 Å². The van der Waals surface area contributed by atoms with Crippen molar-refractivity contribution in [3.05, 3.63) is 35.4 Å². The average Bonchev–Trinajstić information content (AvgIpc) is 3.23. The first kappa shape index (κ1) is 21.8. The Kier molecular flexibility index (Phi) is 6.34. The number of carbonyl (C=O) groups excluding carboxylic acids is 2. The molecule has 2 aliphatic heterocycles. The van der Waals surface area contributed by atoms with E-state index >= 15 is 0 Å². The molecule has 2 amide bonds. The van der Waals surface area contributed by atoms with Crippen LogP contribution < -0.4 is 10.6 Å². The fourth-order valence-corrected chi connectivity index (χ4v) is 4.42. The lowest BCUT2D eigenvalue weighted by atomic mass is 9.86. The first-order chi connectivity index (χ1) is 13.6. The van der Waals surface area contributed by atoms with Crippen LogP contribution in [0.5, 0.6) is 0 Å². The van der Waals surface area contributed by atoms with Crippen LogP contribution in [0.2, 0.25) is 0 Å². The number of likely N-dealkylation sites (tertiary alicyclic amines) is 1. The molecule has 2 saturated heterocycles. The Morgan fingerprint density at radius 3 is 2.48 bits per heavy atom. The molecule has 29 heavy (non-hydrogen) atoms. The molecule has 0 aromatic heterocycles. The normalized spacial score (nSPS) is 25.2. The highest BCUT2D eigenvalue weighted by atomic mass is 16.3. The monoisotopic (exact) mass is 401 g/mol. The fraction of sp³-hybridized carbons (Fsp3) is 0.652. The summed E-state index contributed by atoms with van der Waals surface area (Å²) in [7, 11) is 0. The summed E-state index contributed by atoms with van der Waals surface area (Å²) in [6.07, 6.45) is 0.860. The van der Waals surface area contributed by atoms with E-state index in [4.69, 9.17) is 0 Å². The number of amides is 2. The lowest BCUT2D eigenvalue weighted by molar-refractivity contribution is -0.136. The van der Waals surface area contributed by atoms with Crippen LogP contribution in [0.15, 0.2) is 24.3 Å². The summed E-state index contributed by atoms with van der Waals surface area (Å²) < 4.78 is 0.